The molecule has 26 heavy (non-hydrogen) atoms. The summed E-state index contributed by atoms with van der Waals surface area (Å²) in [6.45, 7) is 0. The van der Waals surface area contributed by atoms with E-state index in [1.807, 2.05) is 0 Å². The van der Waals surface area contributed by atoms with E-state index in [-0.39, 0.29) is 17.0 Å². The zero-order valence-electron chi connectivity index (χ0n) is 13.5. The van der Waals surface area contributed by atoms with Crippen LogP contribution in [0.3, 0.4) is 0 Å². The standard InChI is InChI=1S/C17H13ClN4O4/c1-26-16-8-14(22(24)25)5-6-15(16)20-10-11(9-19)17(23)21-13-4-2-3-12(18)7-13/h2-8,10,20H,1H3,(H,21,23)/b11-10-. The van der Waals surface area contributed by atoms with Crippen molar-refractivity contribution in [3.8, 4) is 11.8 Å². The predicted molar refractivity (Wildman–Crippen MR) is 97.0 cm³/mol. The molecule has 0 heterocycles. The number of hydrogen-bond acceptors (Lipinski definition) is 6. The van der Waals surface area contributed by atoms with Crippen molar-refractivity contribution in [3.63, 3.8) is 0 Å². The van der Waals surface area contributed by atoms with E-state index in [1.165, 1.54) is 31.5 Å². The van der Waals surface area contributed by atoms with Crippen LogP contribution in [0.4, 0.5) is 17.1 Å². The first-order chi connectivity index (χ1) is 12.4. The lowest BCUT2D eigenvalue weighted by Crippen LogP contribution is -2.14. The second-order valence-corrected chi connectivity index (χ2v) is 5.36. The third-order valence-electron chi connectivity index (χ3n) is 3.22. The second kappa shape index (κ2) is 8.50. The first-order valence-electron chi connectivity index (χ1n) is 7.20. The number of nitro benzene ring substituents is 1. The Morgan fingerprint density at radius 1 is 1.35 bits per heavy atom. The number of halogens is 1. The molecule has 0 spiro atoms. The van der Waals surface area contributed by atoms with Crippen LogP contribution in [-0.4, -0.2) is 17.9 Å². The summed E-state index contributed by atoms with van der Waals surface area (Å²) in [5, 5.41) is 25.7. The van der Waals surface area contributed by atoms with Gasteiger partial charge in [0.1, 0.15) is 17.4 Å². The molecule has 0 unspecified atom stereocenters. The molecule has 2 aromatic carbocycles. The van der Waals surface area contributed by atoms with Gasteiger partial charge in [0.25, 0.3) is 11.6 Å². The number of carbonyl (C=O) groups is 1. The Balaban J connectivity index is 2.18. The fourth-order valence-corrected chi connectivity index (χ4v) is 2.17. The van der Waals surface area contributed by atoms with Gasteiger partial charge in [-0.3, -0.25) is 14.9 Å². The Kier molecular flexibility index (Phi) is 6.14. The lowest BCUT2D eigenvalue weighted by atomic mass is 10.2. The number of ether oxygens (including phenoxy) is 1. The Morgan fingerprint density at radius 2 is 2.12 bits per heavy atom. The molecule has 0 fully saturated rings. The number of nitrogens with one attached hydrogen (secondary N) is 2. The van der Waals surface area contributed by atoms with Gasteiger partial charge in [-0.15, -0.1) is 0 Å². The van der Waals surface area contributed by atoms with Crippen LogP contribution in [0.5, 0.6) is 5.75 Å². The van der Waals surface area contributed by atoms with Crippen LogP contribution >= 0.6 is 11.6 Å². The topological polar surface area (TPSA) is 117 Å². The van der Waals surface area contributed by atoms with E-state index in [0.29, 0.717) is 16.4 Å². The van der Waals surface area contributed by atoms with E-state index in [2.05, 4.69) is 10.6 Å². The maximum Gasteiger partial charge on any atom is 0.273 e. The van der Waals surface area contributed by atoms with E-state index in [1.54, 1.807) is 30.3 Å². The average Bonchev–Trinajstić information content (AvgIpc) is 2.62. The summed E-state index contributed by atoms with van der Waals surface area (Å²) in [7, 11) is 1.35. The van der Waals surface area contributed by atoms with Crippen molar-refractivity contribution in [2.45, 2.75) is 0 Å². The fraction of sp³-hybridized carbons (Fsp3) is 0.0588. The van der Waals surface area contributed by atoms with Gasteiger partial charge in [-0.05, 0) is 24.3 Å². The molecule has 9 heteroatoms. The molecular formula is C17H13ClN4O4. The predicted octanol–water partition coefficient (Wildman–Crippen LogP) is 3.71. The van der Waals surface area contributed by atoms with Crippen molar-refractivity contribution in [2.24, 2.45) is 0 Å². The number of non-ortho nitro benzene ring substituents is 1. The smallest absolute Gasteiger partial charge is 0.273 e. The van der Waals surface area contributed by atoms with E-state index in [0.717, 1.165) is 0 Å². The summed E-state index contributed by atoms with van der Waals surface area (Å²) in [5.74, 6) is -0.439. The maximum absolute atomic E-state index is 12.2. The normalized spacial score (nSPS) is 10.6. The highest BCUT2D eigenvalue weighted by Gasteiger charge is 2.13. The molecule has 132 valence electrons. The number of nitro groups is 1. The van der Waals surface area contributed by atoms with E-state index >= 15 is 0 Å². The highest BCUT2D eigenvalue weighted by molar-refractivity contribution is 6.31. The summed E-state index contributed by atoms with van der Waals surface area (Å²) in [5.41, 5.74) is 0.457. The van der Waals surface area contributed by atoms with Gasteiger partial charge in [0.15, 0.2) is 0 Å². The summed E-state index contributed by atoms with van der Waals surface area (Å²) >= 11 is 5.85. The molecule has 0 atom stereocenters. The Labute approximate surface area is 153 Å². The minimum Gasteiger partial charge on any atom is -0.494 e. The molecule has 0 aromatic heterocycles. The third kappa shape index (κ3) is 4.72. The van der Waals surface area contributed by atoms with Gasteiger partial charge in [0.05, 0.1) is 23.8 Å². The minimum absolute atomic E-state index is 0.143. The van der Waals surface area contributed by atoms with Crippen molar-refractivity contribution in [1.82, 2.24) is 0 Å². The zero-order chi connectivity index (χ0) is 19.1. The van der Waals surface area contributed by atoms with Crippen LogP contribution in [0.2, 0.25) is 5.02 Å². The third-order valence-corrected chi connectivity index (χ3v) is 3.45. The van der Waals surface area contributed by atoms with E-state index in [4.69, 9.17) is 16.3 Å². The number of carbonyl (C=O) groups excluding carboxylic acids is 1. The molecule has 0 aliphatic heterocycles. The molecule has 1 amide bonds. The van der Waals surface area contributed by atoms with Crippen molar-refractivity contribution in [3.05, 3.63) is 69.4 Å². The second-order valence-electron chi connectivity index (χ2n) is 4.92. The van der Waals surface area contributed by atoms with E-state index < -0.39 is 10.8 Å². The molecule has 0 aliphatic rings. The number of hydrogen-bond donors (Lipinski definition) is 2. The SMILES string of the molecule is COc1cc([N+](=O)[O-])ccc1N/C=C(/C#N)C(=O)Nc1cccc(Cl)c1. The van der Waals surface area contributed by atoms with Gasteiger partial charge < -0.3 is 15.4 Å². The Morgan fingerprint density at radius 3 is 2.73 bits per heavy atom. The monoisotopic (exact) mass is 372 g/mol. The number of nitrogens with zero attached hydrogens (tertiary/aromatic N) is 2. The molecule has 0 saturated heterocycles. The van der Waals surface area contributed by atoms with Crippen molar-refractivity contribution < 1.29 is 14.5 Å². The summed E-state index contributed by atoms with van der Waals surface area (Å²) in [6, 6.07) is 12.2. The number of methoxy groups -OCH3 is 1. The molecule has 8 nitrogen and oxygen atoms in total. The van der Waals surface area contributed by atoms with Crippen LogP contribution < -0.4 is 15.4 Å². The lowest BCUT2D eigenvalue weighted by Gasteiger charge is -2.09. The van der Waals surface area contributed by atoms with Gasteiger partial charge in [0.2, 0.25) is 0 Å². The molecular weight excluding hydrogens is 360 g/mol. The quantitative estimate of drug-likeness (QED) is 0.345. The average molecular weight is 373 g/mol. The number of amides is 1. The highest BCUT2D eigenvalue weighted by atomic mass is 35.5. The van der Waals surface area contributed by atoms with Crippen LogP contribution in [0.15, 0.2) is 54.2 Å². The minimum atomic E-state index is -0.636. The molecule has 2 aromatic rings. The van der Waals surface area contributed by atoms with Crippen LogP contribution in [-0.2, 0) is 4.79 Å². The van der Waals surface area contributed by atoms with Gasteiger partial charge >= 0.3 is 0 Å². The van der Waals surface area contributed by atoms with Gasteiger partial charge in [-0.1, -0.05) is 17.7 Å². The Hall–Kier alpha value is -3.57. The molecule has 0 aliphatic carbocycles. The number of rotatable bonds is 6. The van der Waals surface area contributed by atoms with Gasteiger partial charge in [-0.25, -0.2) is 0 Å². The zero-order valence-corrected chi connectivity index (χ0v) is 14.3. The molecule has 2 N–H and O–H groups in total. The number of nitriles is 1. The van der Waals surface area contributed by atoms with Crippen LogP contribution in [0.1, 0.15) is 0 Å². The number of anilines is 2. The largest absolute Gasteiger partial charge is 0.494 e. The summed E-state index contributed by atoms with van der Waals surface area (Å²) < 4.78 is 5.08. The molecule has 0 radical (unpaired) electrons. The number of benzene rings is 2. The summed E-state index contributed by atoms with van der Waals surface area (Å²) in [4.78, 5) is 22.4. The van der Waals surface area contributed by atoms with Crippen molar-refractivity contribution in [1.29, 1.82) is 5.26 Å². The lowest BCUT2D eigenvalue weighted by molar-refractivity contribution is -0.384. The highest BCUT2D eigenvalue weighted by Crippen LogP contribution is 2.29. The fourth-order valence-electron chi connectivity index (χ4n) is 1.98. The van der Waals surface area contributed by atoms with Crippen LogP contribution in [0, 0.1) is 21.4 Å². The van der Waals surface area contributed by atoms with Gasteiger partial charge in [0, 0.05) is 23.0 Å². The van der Waals surface area contributed by atoms with Crippen molar-refractivity contribution >= 4 is 34.6 Å². The van der Waals surface area contributed by atoms with Crippen LogP contribution in [0.25, 0.3) is 0 Å². The molecule has 0 bridgehead atoms. The first-order valence-corrected chi connectivity index (χ1v) is 7.58. The van der Waals surface area contributed by atoms with E-state index in [9.17, 15) is 20.2 Å². The van der Waals surface area contributed by atoms with Crippen molar-refractivity contribution in [2.75, 3.05) is 17.7 Å². The molecule has 2 rings (SSSR count). The molecule has 0 saturated carbocycles. The summed E-state index contributed by atoms with van der Waals surface area (Å²) in [6.07, 6.45) is 1.18. The first kappa shape index (κ1) is 18.8. The maximum atomic E-state index is 12.2. The van der Waals surface area contributed by atoms with Gasteiger partial charge in [-0.2, -0.15) is 5.26 Å². The Bertz CT molecular complexity index is 921.